The van der Waals surface area contributed by atoms with Crippen LogP contribution >= 0.6 is 0 Å². The second kappa shape index (κ2) is 6.03. The van der Waals surface area contributed by atoms with Crippen LogP contribution in [-0.4, -0.2) is 35.5 Å². The third kappa shape index (κ3) is 2.93. The summed E-state index contributed by atoms with van der Waals surface area (Å²) in [5, 5.41) is 0. The zero-order valence-electron chi connectivity index (χ0n) is 13.9. The second-order valence-electron chi connectivity index (χ2n) is 6.35. The summed E-state index contributed by atoms with van der Waals surface area (Å²) < 4.78 is 5.60. The molecule has 0 aliphatic carbocycles. The zero-order chi connectivity index (χ0) is 16.4. The molecule has 0 atom stereocenters. The number of hydrogen-bond donors (Lipinski definition) is 0. The Labute approximate surface area is 137 Å². The summed E-state index contributed by atoms with van der Waals surface area (Å²) in [4.78, 5) is 18.4. The van der Waals surface area contributed by atoms with Crippen molar-refractivity contribution in [3.05, 3.63) is 59.4 Å². The maximum atomic E-state index is 12.4. The molecule has 4 heteroatoms. The Balaban J connectivity index is 1.71. The molecule has 23 heavy (non-hydrogen) atoms. The molecule has 0 N–H and O–H groups in total. The maximum Gasteiger partial charge on any atom is 0.272 e. The molecule has 2 heterocycles. The lowest BCUT2D eigenvalue weighted by molar-refractivity contribution is 0.0427. The summed E-state index contributed by atoms with van der Waals surface area (Å²) in [7, 11) is 0. The van der Waals surface area contributed by atoms with Crippen molar-refractivity contribution in [1.82, 2.24) is 9.88 Å². The number of pyridine rings is 1. The van der Waals surface area contributed by atoms with E-state index >= 15 is 0 Å². The van der Waals surface area contributed by atoms with Crippen molar-refractivity contribution in [2.75, 3.05) is 19.7 Å². The highest BCUT2D eigenvalue weighted by Gasteiger charge is 2.43. The number of carbonyl (C=O) groups is 1. The van der Waals surface area contributed by atoms with Crippen molar-refractivity contribution in [3.63, 3.8) is 0 Å². The Bertz CT molecular complexity index is 707. The van der Waals surface area contributed by atoms with E-state index in [1.54, 1.807) is 12.3 Å². The molecule has 0 spiro atoms. The number of likely N-dealkylation sites (tertiary alicyclic amines) is 1. The molecule has 0 bridgehead atoms. The van der Waals surface area contributed by atoms with Crippen molar-refractivity contribution in [1.29, 1.82) is 0 Å². The van der Waals surface area contributed by atoms with Crippen LogP contribution in [-0.2, 0) is 5.41 Å². The number of aromatic nitrogens is 1. The van der Waals surface area contributed by atoms with Gasteiger partial charge in [-0.25, -0.2) is 0 Å². The van der Waals surface area contributed by atoms with Gasteiger partial charge in [-0.3, -0.25) is 9.78 Å². The van der Waals surface area contributed by atoms with Crippen molar-refractivity contribution in [2.45, 2.75) is 26.2 Å². The molecule has 1 aromatic carbocycles. The Morgan fingerprint density at radius 1 is 1.30 bits per heavy atom. The van der Waals surface area contributed by atoms with Gasteiger partial charge in [0, 0.05) is 24.7 Å². The van der Waals surface area contributed by atoms with Crippen molar-refractivity contribution in [3.8, 4) is 5.75 Å². The fraction of sp³-hybridized carbons (Fsp3) is 0.368. The Hall–Kier alpha value is -2.36. The highest BCUT2D eigenvalue weighted by molar-refractivity contribution is 5.93. The quantitative estimate of drug-likeness (QED) is 0.871. The highest BCUT2D eigenvalue weighted by atomic mass is 16.5. The van der Waals surface area contributed by atoms with Gasteiger partial charge in [-0.15, -0.1) is 0 Å². The van der Waals surface area contributed by atoms with Crippen LogP contribution in [0.25, 0.3) is 0 Å². The minimum absolute atomic E-state index is 0.0000546. The number of ether oxygens (including phenoxy) is 1. The Kier molecular flexibility index (Phi) is 4.07. The second-order valence-corrected chi connectivity index (χ2v) is 6.35. The van der Waals surface area contributed by atoms with Crippen LogP contribution in [0.3, 0.4) is 0 Å². The molecule has 0 saturated carbocycles. The summed E-state index contributed by atoms with van der Waals surface area (Å²) in [5.41, 5.74) is 2.90. The average Bonchev–Trinajstić information content (AvgIpc) is 2.54. The zero-order valence-corrected chi connectivity index (χ0v) is 13.9. The lowest BCUT2D eigenvalue weighted by atomic mass is 9.75. The standard InChI is InChI=1S/C19H22N2O2/c1-4-23-17-9-8-15(11-14(17)2)19(3)12-21(13-19)18(22)16-7-5-6-10-20-16/h5-11H,4,12-13H2,1-3H3. The van der Waals surface area contributed by atoms with Gasteiger partial charge in [0.1, 0.15) is 11.4 Å². The third-order valence-corrected chi connectivity index (χ3v) is 4.42. The molecule has 120 valence electrons. The molecule has 0 radical (unpaired) electrons. The first-order valence-electron chi connectivity index (χ1n) is 7.98. The molecule has 1 aliphatic heterocycles. The number of aryl methyl sites for hydroxylation is 1. The van der Waals surface area contributed by atoms with Crippen LogP contribution in [0.4, 0.5) is 0 Å². The minimum atomic E-state index is -0.0000546. The number of nitrogens with zero attached hydrogens (tertiary/aromatic N) is 2. The first-order valence-corrected chi connectivity index (χ1v) is 7.98. The topological polar surface area (TPSA) is 42.4 Å². The molecule has 3 rings (SSSR count). The fourth-order valence-electron chi connectivity index (χ4n) is 3.12. The molecule has 1 saturated heterocycles. The number of benzene rings is 1. The van der Waals surface area contributed by atoms with E-state index < -0.39 is 0 Å². The van der Waals surface area contributed by atoms with E-state index in [1.165, 1.54) is 5.56 Å². The number of rotatable bonds is 4. The van der Waals surface area contributed by atoms with Crippen LogP contribution in [0.1, 0.15) is 35.5 Å². The van der Waals surface area contributed by atoms with Crippen LogP contribution in [0.2, 0.25) is 0 Å². The maximum absolute atomic E-state index is 12.4. The smallest absolute Gasteiger partial charge is 0.272 e. The van der Waals surface area contributed by atoms with Crippen LogP contribution in [0.5, 0.6) is 5.75 Å². The Morgan fingerprint density at radius 2 is 2.09 bits per heavy atom. The van der Waals surface area contributed by atoms with Gasteiger partial charge in [-0.2, -0.15) is 0 Å². The normalized spacial score (nSPS) is 15.9. The number of carbonyl (C=O) groups excluding carboxylic acids is 1. The summed E-state index contributed by atoms with van der Waals surface area (Å²) in [6, 6.07) is 11.7. The van der Waals surface area contributed by atoms with E-state index in [-0.39, 0.29) is 11.3 Å². The summed E-state index contributed by atoms with van der Waals surface area (Å²) in [6.07, 6.45) is 1.65. The van der Waals surface area contributed by atoms with Crippen LogP contribution in [0.15, 0.2) is 42.6 Å². The SMILES string of the molecule is CCOc1ccc(C2(C)CN(C(=O)c3ccccn3)C2)cc1C. The number of amides is 1. The van der Waals surface area contributed by atoms with Gasteiger partial charge in [0.25, 0.3) is 5.91 Å². The first kappa shape index (κ1) is 15.5. The van der Waals surface area contributed by atoms with E-state index in [9.17, 15) is 4.79 Å². The highest BCUT2D eigenvalue weighted by Crippen LogP contribution is 2.36. The number of hydrogen-bond acceptors (Lipinski definition) is 3. The van der Waals surface area contributed by atoms with Gasteiger partial charge >= 0.3 is 0 Å². The van der Waals surface area contributed by atoms with Crippen molar-refractivity contribution < 1.29 is 9.53 Å². The van der Waals surface area contributed by atoms with E-state index in [1.807, 2.05) is 30.0 Å². The van der Waals surface area contributed by atoms with Crippen LogP contribution < -0.4 is 4.74 Å². The largest absolute Gasteiger partial charge is 0.494 e. The minimum Gasteiger partial charge on any atom is -0.494 e. The fourth-order valence-corrected chi connectivity index (χ4v) is 3.12. The van der Waals surface area contributed by atoms with Gasteiger partial charge in [0.05, 0.1) is 6.61 Å². The van der Waals surface area contributed by atoms with Gasteiger partial charge in [-0.05, 0) is 43.2 Å². The monoisotopic (exact) mass is 310 g/mol. The van der Waals surface area contributed by atoms with Crippen molar-refractivity contribution in [2.24, 2.45) is 0 Å². The summed E-state index contributed by atoms with van der Waals surface area (Å²) in [6.45, 7) is 8.36. The lowest BCUT2D eigenvalue weighted by Gasteiger charge is -2.48. The molecule has 2 aromatic rings. The Morgan fingerprint density at radius 3 is 2.70 bits per heavy atom. The lowest BCUT2D eigenvalue weighted by Crippen LogP contribution is -2.59. The molecular weight excluding hydrogens is 288 g/mol. The van der Waals surface area contributed by atoms with E-state index in [0.717, 1.165) is 24.4 Å². The molecular formula is C19H22N2O2. The van der Waals surface area contributed by atoms with Crippen LogP contribution in [0, 0.1) is 6.92 Å². The summed E-state index contributed by atoms with van der Waals surface area (Å²) in [5.74, 6) is 0.936. The van der Waals surface area contributed by atoms with E-state index in [0.29, 0.717) is 12.3 Å². The summed E-state index contributed by atoms with van der Waals surface area (Å²) >= 11 is 0. The van der Waals surface area contributed by atoms with Gasteiger partial charge in [0.15, 0.2) is 0 Å². The molecule has 1 aromatic heterocycles. The molecule has 1 fully saturated rings. The predicted octanol–water partition coefficient (Wildman–Crippen LogP) is 3.20. The van der Waals surface area contributed by atoms with E-state index in [2.05, 4.69) is 31.0 Å². The van der Waals surface area contributed by atoms with Crippen molar-refractivity contribution >= 4 is 5.91 Å². The average molecular weight is 310 g/mol. The molecule has 1 aliphatic rings. The van der Waals surface area contributed by atoms with Gasteiger partial charge in [-0.1, -0.05) is 25.1 Å². The molecule has 0 unspecified atom stereocenters. The molecule has 4 nitrogen and oxygen atoms in total. The van der Waals surface area contributed by atoms with E-state index in [4.69, 9.17) is 4.74 Å². The third-order valence-electron chi connectivity index (χ3n) is 4.42. The first-order chi connectivity index (χ1) is 11.0. The predicted molar refractivity (Wildman–Crippen MR) is 89.8 cm³/mol. The molecule has 1 amide bonds. The van der Waals surface area contributed by atoms with Gasteiger partial charge in [0.2, 0.25) is 0 Å². The van der Waals surface area contributed by atoms with Gasteiger partial charge < -0.3 is 9.64 Å².